The minimum Gasteiger partial charge on any atom is -0.503 e. The van der Waals surface area contributed by atoms with Crippen molar-refractivity contribution in [2.45, 2.75) is 0 Å². The van der Waals surface area contributed by atoms with Crippen molar-refractivity contribution in [2.75, 3.05) is 11.5 Å². The summed E-state index contributed by atoms with van der Waals surface area (Å²) in [5.74, 6) is -0.0861. The number of nitrogens with two attached hydrogens (primary N) is 2. The first kappa shape index (κ1) is 8.77. The van der Waals surface area contributed by atoms with E-state index < -0.39 is 0 Å². The van der Waals surface area contributed by atoms with Crippen molar-refractivity contribution < 1.29 is 5.11 Å². The van der Waals surface area contributed by atoms with Gasteiger partial charge < -0.3 is 16.6 Å². The van der Waals surface area contributed by atoms with E-state index in [-0.39, 0.29) is 29.9 Å². The van der Waals surface area contributed by atoms with Crippen LogP contribution in [0.5, 0.6) is 5.75 Å². The smallest absolute Gasteiger partial charge is 0.222 e. The number of nitrogens with zero attached hydrogens (tertiary/aromatic N) is 2. The van der Waals surface area contributed by atoms with Crippen molar-refractivity contribution in [3.8, 4) is 5.75 Å². The number of nitrogen functional groups attached to an aromatic ring is 2. The van der Waals surface area contributed by atoms with Gasteiger partial charge in [-0.2, -0.15) is 4.98 Å². The van der Waals surface area contributed by atoms with Gasteiger partial charge in [-0.1, -0.05) is 0 Å². The molecule has 1 rings (SSSR count). The quantitative estimate of drug-likeness (QED) is 0.490. The molecule has 0 atom stereocenters. The number of hydrogen-bond acceptors (Lipinski definition) is 5. The molecular weight excluding hydrogens is 156 g/mol. The molecule has 0 radical (unpaired) electrons. The first-order valence-corrected chi connectivity index (χ1v) is 2.27. The zero-order valence-electron chi connectivity index (χ0n) is 4.98. The van der Waals surface area contributed by atoms with Crippen molar-refractivity contribution in [3.05, 3.63) is 6.20 Å². The summed E-state index contributed by atoms with van der Waals surface area (Å²) in [7, 11) is 0. The van der Waals surface area contributed by atoms with Gasteiger partial charge in [-0.3, -0.25) is 0 Å². The fourth-order valence-corrected chi connectivity index (χ4v) is 0.403. The lowest BCUT2D eigenvalue weighted by atomic mass is 10.5. The number of rotatable bonds is 0. The Balaban J connectivity index is 0.000000810. The van der Waals surface area contributed by atoms with Crippen LogP contribution >= 0.6 is 12.4 Å². The third-order valence-electron chi connectivity index (χ3n) is 0.817. The molecule has 10 heavy (non-hydrogen) atoms. The zero-order valence-corrected chi connectivity index (χ0v) is 5.80. The summed E-state index contributed by atoms with van der Waals surface area (Å²) in [6.45, 7) is 0. The molecule has 0 saturated heterocycles. The van der Waals surface area contributed by atoms with Gasteiger partial charge in [0.1, 0.15) is 0 Å². The molecule has 0 bridgehead atoms. The molecule has 1 aromatic heterocycles. The average molecular weight is 163 g/mol. The summed E-state index contributed by atoms with van der Waals surface area (Å²) >= 11 is 0. The maximum absolute atomic E-state index is 8.74. The van der Waals surface area contributed by atoms with Crippen molar-refractivity contribution in [1.82, 2.24) is 9.97 Å². The molecule has 0 amide bonds. The fraction of sp³-hybridized carbons (Fsp3) is 0. The molecule has 0 unspecified atom stereocenters. The van der Waals surface area contributed by atoms with E-state index in [1.165, 1.54) is 0 Å². The lowest BCUT2D eigenvalue weighted by Crippen LogP contribution is -1.98. The van der Waals surface area contributed by atoms with Crippen LogP contribution < -0.4 is 11.5 Å². The minimum atomic E-state index is -0.149. The van der Waals surface area contributed by atoms with E-state index in [4.69, 9.17) is 16.6 Å². The van der Waals surface area contributed by atoms with Gasteiger partial charge in [0.05, 0.1) is 6.20 Å². The van der Waals surface area contributed by atoms with Crippen LogP contribution in [0.1, 0.15) is 0 Å². The monoisotopic (exact) mass is 162 g/mol. The Hall–Kier alpha value is -1.23. The van der Waals surface area contributed by atoms with E-state index in [2.05, 4.69) is 9.97 Å². The van der Waals surface area contributed by atoms with Gasteiger partial charge in [0.15, 0.2) is 11.6 Å². The van der Waals surface area contributed by atoms with Gasteiger partial charge in [0, 0.05) is 0 Å². The molecule has 1 aromatic rings. The van der Waals surface area contributed by atoms with E-state index in [0.29, 0.717) is 0 Å². The third-order valence-corrected chi connectivity index (χ3v) is 0.817. The SMILES string of the molecule is Cl.Nc1ncc(O)c(N)n1. The Bertz CT molecular complexity index is 228. The Kier molecular flexibility index (Phi) is 2.69. The van der Waals surface area contributed by atoms with Crippen LogP contribution in [0.4, 0.5) is 11.8 Å². The third kappa shape index (κ3) is 1.63. The number of aromatic nitrogens is 2. The second-order valence-electron chi connectivity index (χ2n) is 1.50. The second kappa shape index (κ2) is 3.07. The van der Waals surface area contributed by atoms with Gasteiger partial charge in [0.2, 0.25) is 5.95 Å². The Morgan fingerprint density at radius 3 is 2.40 bits per heavy atom. The number of aromatic hydroxyl groups is 1. The van der Waals surface area contributed by atoms with Gasteiger partial charge >= 0.3 is 0 Å². The number of anilines is 2. The molecule has 5 nitrogen and oxygen atoms in total. The molecule has 56 valence electrons. The summed E-state index contributed by atoms with van der Waals surface area (Å²) in [6.07, 6.45) is 1.15. The van der Waals surface area contributed by atoms with Crippen LogP contribution in [0.2, 0.25) is 0 Å². The van der Waals surface area contributed by atoms with Crippen LogP contribution in [0.25, 0.3) is 0 Å². The number of halogens is 1. The molecule has 0 aliphatic heterocycles. The summed E-state index contributed by atoms with van der Waals surface area (Å²) in [5.41, 5.74) is 10.3. The largest absolute Gasteiger partial charge is 0.503 e. The molecule has 0 saturated carbocycles. The molecule has 5 N–H and O–H groups in total. The van der Waals surface area contributed by atoms with E-state index in [0.717, 1.165) is 6.20 Å². The molecule has 0 aliphatic rings. The minimum absolute atomic E-state index is 0. The van der Waals surface area contributed by atoms with Gasteiger partial charge in [0.25, 0.3) is 0 Å². The second-order valence-corrected chi connectivity index (χ2v) is 1.50. The molecule has 0 aliphatic carbocycles. The Morgan fingerprint density at radius 2 is 2.00 bits per heavy atom. The predicted octanol–water partition coefficient (Wildman–Crippen LogP) is -0.232. The van der Waals surface area contributed by atoms with Crippen molar-refractivity contribution in [2.24, 2.45) is 0 Å². The highest BCUT2D eigenvalue weighted by atomic mass is 35.5. The summed E-state index contributed by atoms with van der Waals surface area (Å²) in [6, 6.07) is 0. The van der Waals surface area contributed by atoms with Gasteiger partial charge in [-0.25, -0.2) is 4.98 Å². The normalized spacial score (nSPS) is 8.40. The summed E-state index contributed by atoms with van der Waals surface area (Å²) in [4.78, 5) is 6.94. The molecular formula is C4H7ClN4O. The maximum Gasteiger partial charge on any atom is 0.222 e. The van der Waals surface area contributed by atoms with E-state index in [1.54, 1.807) is 0 Å². The van der Waals surface area contributed by atoms with E-state index in [9.17, 15) is 0 Å². The maximum atomic E-state index is 8.74. The molecule has 6 heteroatoms. The van der Waals surface area contributed by atoms with Crippen LogP contribution in [0.15, 0.2) is 6.20 Å². The van der Waals surface area contributed by atoms with Crippen LogP contribution in [0.3, 0.4) is 0 Å². The van der Waals surface area contributed by atoms with E-state index in [1.807, 2.05) is 0 Å². The predicted molar refractivity (Wildman–Crippen MR) is 39.8 cm³/mol. The highest BCUT2D eigenvalue weighted by molar-refractivity contribution is 5.85. The van der Waals surface area contributed by atoms with Crippen molar-refractivity contribution in [1.29, 1.82) is 0 Å². The first-order valence-electron chi connectivity index (χ1n) is 2.27. The lowest BCUT2D eigenvalue weighted by molar-refractivity contribution is 0.473. The van der Waals surface area contributed by atoms with Crippen LogP contribution in [-0.4, -0.2) is 15.1 Å². The molecule has 0 aromatic carbocycles. The highest BCUT2D eigenvalue weighted by Crippen LogP contribution is 2.13. The molecule has 0 fully saturated rings. The van der Waals surface area contributed by atoms with Crippen LogP contribution in [0, 0.1) is 0 Å². The van der Waals surface area contributed by atoms with E-state index >= 15 is 0 Å². The lowest BCUT2D eigenvalue weighted by Gasteiger charge is -1.94. The average Bonchev–Trinajstić information content (AvgIpc) is 1.80. The standard InChI is InChI=1S/C4H6N4O.ClH/c5-3-2(9)1-7-4(6)8-3;/h1,9H,(H4,5,6,7,8);1H. The Labute approximate surface area is 63.5 Å². The van der Waals surface area contributed by atoms with Crippen LogP contribution in [-0.2, 0) is 0 Å². The zero-order chi connectivity index (χ0) is 6.85. The van der Waals surface area contributed by atoms with Gasteiger partial charge in [-0.15, -0.1) is 12.4 Å². The summed E-state index contributed by atoms with van der Waals surface area (Å²) in [5, 5.41) is 8.74. The topological polar surface area (TPSA) is 98.0 Å². The number of hydrogen-bond donors (Lipinski definition) is 3. The Morgan fingerprint density at radius 1 is 1.40 bits per heavy atom. The fourth-order valence-electron chi connectivity index (χ4n) is 0.403. The van der Waals surface area contributed by atoms with Gasteiger partial charge in [-0.05, 0) is 0 Å². The molecule has 1 heterocycles. The summed E-state index contributed by atoms with van der Waals surface area (Å²) < 4.78 is 0. The first-order chi connectivity index (χ1) is 4.20. The highest BCUT2D eigenvalue weighted by Gasteiger charge is 1.96. The molecule has 0 spiro atoms. The van der Waals surface area contributed by atoms with Crippen molar-refractivity contribution >= 4 is 24.2 Å². The van der Waals surface area contributed by atoms with Crippen molar-refractivity contribution in [3.63, 3.8) is 0 Å².